The van der Waals surface area contributed by atoms with E-state index in [-0.39, 0.29) is 24.9 Å². The van der Waals surface area contributed by atoms with Crippen LogP contribution in [-0.4, -0.2) is 65.2 Å². The van der Waals surface area contributed by atoms with Gasteiger partial charge >= 0.3 is 6.18 Å². The zero-order chi connectivity index (χ0) is 29.2. The van der Waals surface area contributed by atoms with Gasteiger partial charge in [-0.25, -0.2) is 0 Å². The predicted octanol–water partition coefficient (Wildman–Crippen LogP) is 6.20. The molecule has 2 unspecified atom stereocenters. The lowest BCUT2D eigenvalue weighted by molar-refractivity contribution is -0.262. The molecule has 1 saturated carbocycles. The standard InChI is InChI=1S/C31H36ClF3N2O4/c32-27-19-25(11-12-26(27)28(38)37-20-22-9-10-24(37)18-22)41-17-5-4-6-21-13-15-36(16-14-21)29(39)30(40,31(33,34)35)23-7-2-1-3-8-23/h1-3,7-8,11-12,19,21-22,24,40H,4-6,9-10,13-18,20H2/t22?,24?,30-/m1/s1. The third-order valence-corrected chi connectivity index (χ3v) is 9.24. The van der Waals surface area contributed by atoms with Crippen molar-refractivity contribution in [2.24, 2.45) is 11.8 Å². The molecule has 3 fully saturated rings. The van der Waals surface area contributed by atoms with E-state index in [0.29, 0.717) is 47.7 Å². The fourth-order valence-corrected chi connectivity index (χ4v) is 6.80. The Kier molecular flexibility index (Phi) is 8.85. The second-order valence-corrected chi connectivity index (χ2v) is 12.0. The zero-order valence-corrected chi connectivity index (χ0v) is 23.7. The Morgan fingerprint density at radius 1 is 1.00 bits per heavy atom. The number of fused-ring (bicyclic) bond motifs is 2. The molecule has 1 N–H and O–H groups in total. The van der Waals surface area contributed by atoms with Crippen LogP contribution < -0.4 is 4.74 Å². The number of hydrogen-bond donors (Lipinski definition) is 1. The number of alkyl halides is 3. The van der Waals surface area contributed by atoms with Gasteiger partial charge in [0.1, 0.15) is 5.75 Å². The molecule has 41 heavy (non-hydrogen) atoms. The number of aliphatic hydroxyl groups is 1. The molecule has 0 radical (unpaired) electrons. The van der Waals surface area contributed by atoms with E-state index in [0.717, 1.165) is 55.7 Å². The van der Waals surface area contributed by atoms with E-state index in [9.17, 15) is 27.9 Å². The Balaban J connectivity index is 1.04. The van der Waals surface area contributed by atoms with E-state index in [1.165, 1.54) is 24.6 Å². The fourth-order valence-electron chi connectivity index (χ4n) is 6.55. The molecule has 3 aliphatic rings. The van der Waals surface area contributed by atoms with Crippen LogP contribution in [0.3, 0.4) is 0 Å². The van der Waals surface area contributed by atoms with Gasteiger partial charge in [0.2, 0.25) is 0 Å². The summed E-state index contributed by atoms with van der Waals surface area (Å²) < 4.78 is 47.5. The number of halogens is 4. The Bertz CT molecular complexity index is 1240. The van der Waals surface area contributed by atoms with Crippen LogP contribution in [0.2, 0.25) is 5.02 Å². The molecule has 2 heterocycles. The van der Waals surface area contributed by atoms with Crippen LogP contribution in [0, 0.1) is 11.8 Å². The molecule has 0 aromatic heterocycles. The first-order valence-corrected chi connectivity index (χ1v) is 14.8. The maximum absolute atomic E-state index is 13.9. The summed E-state index contributed by atoms with van der Waals surface area (Å²) in [4.78, 5) is 28.9. The van der Waals surface area contributed by atoms with Gasteiger partial charge in [0.15, 0.2) is 0 Å². The van der Waals surface area contributed by atoms with Crippen LogP contribution in [0.1, 0.15) is 67.3 Å². The lowest BCUT2D eigenvalue weighted by Gasteiger charge is -2.38. The Labute approximate surface area is 243 Å². The Hall–Kier alpha value is -2.78. The van der Waals surface area contributed by atoms with Crippen molar-refractivity contribution in [1.29, 1.82) is 0 Å². The average molecular weight is 593 g/mol. The lowest BCUT2D eigenvalue weighted by Crippen LogP contribution is -2.57. The summed E-state index contributed by atoms with van der Waals surface area (Å²) in [5.41, 5.74) is -3.52. The summed E-state index contributed by atoms with van der Waals surface area (Å²) >= 11 is 6.43. The monoisotopic (exact) mass is 592 g/mol. The number of ether oxygens (including phenoxy) is 1. The van der Waals surface area contributed by atoms with E-state index in [2.05, 4.69) is 0 Å². The second kappa shape index (κ2) is 12.2. The van der Waals surface area contributed by atoms with E-state index >= 15 is 0 Å². The minimum absolute atomic E-state index is 0.00959. The molecule has 1 aliphatic carbocycles. The number of hydrogen-bond acceptors (Lipinski definition) is 4. The highest BCUT2D eigenvalue weighted by atomic mass is 35.5. The normalized spacial score (nSPS) is 22.6. The highest BCUT2D eigenvalue weighted by Gasteiger charge is 2.62. The van der Waals surface area contributed by atoms with Gasteiger partial charge in [-0.15, -0.1) is 0 Å². The van der Waals surface area contributed by atoms with Crippen molar-refractivity contribution in [2.45, 2.75) is 69.2 Å². The van der Waals surface area contributed by atoms with Crippen LogP contribution in [0.4, 0.5) is 13.2 Å². The van der Waals surface area contributed by atoms with Crippen LogP contribution in [0.5, 0.6) is 5.75 Å². The van der Waals surface area contributed by atoms with Crippen molar-refractivity contribution in [2.75, 3.05) is 26.2 Å². The first kappa shape index (κ1) is 29.7. The Morgan fingerprint density at radius 3 is 2.34 bits per heavy atom. The molecular weight excluding hydrogens is 557 g/mol. The zero-order valence-electron chi connectivity index (χ0n) is 22.9. The van der Waals surface area contributed by atoms with E-state index in [1.54, 1.807) is 18.2 Å². The first-order valence-electron chi connectivity index (χ1n) is 14.4. The van der Waals surface area contributed by atoms with Crippen molar-refractivity contribution in [3.63, 3.8) is 0 Å². The number of piperidine rings is 2. The molecule has 3 atom stereocenters. The first-order chi connectivity index (χ1) is 19.6. The van der Waals surface area contributed by atoms with Crippen molar-refractivity contribution in [3.05, 3.63) is 64.7 Å². The van der Waals surface area contributed by atoms with Crippen LogP contribution in [-0.2, 0) is 10.4 Å². The van der Waals surface area contributed by atoms with Crippen molar-refractivity contribution >= 4 is 23.4 Å². The summed E-state index contributed by atoms with van der Waals surface area (Å²) in [5.74, 6) is 0.188. The van der Waals surface area contributed by atoms with Gasteiger partial charge in [-0.3, -0.25) is 9.59 Å². The van der Waals surface area contributed by atoms with E-state index in [4.69, 9.17) is 16.3 Å². The molecule has 2 aromatic rings. The molecule has 2 aliphatic heterocycles. The SMILES string of the molecule is O=C(c1ccc(OCCCCC2CCN(C(=O)[C@](O)(c3ccccc3)C(F)(F)F)CC2)cc1Cl)N1CC2CCC1C2. The molecule has 6 nitrogen and oxygen atoms in total. The molecule has 2 bridgehead atoms. The number of rotatable bonds is 9. The van der Waals surface area contributed by atoms with Gasteiger partial charge < -0.3 is 19.6 Å². The predicted molar refractivity (Wildman–Crippen MR) is 149 cm³/mol. The third kappa shape index (κ3) is 6.21. The molecule has 10 heteroatoms. The van der Waals surface area contributed by atoms with Gasteiger partial charge in [0, 0.05) is 31.2 Å². The smallest absolute Gasteiger partial charge is 0.430 e. The minimum Gasteiger partial charge on any atom is -0.494 e. The molecule has 2 saturated heterocycles. The van der Waals surface area contributed by atoms with E-state index in [1.807, 2.05) is 4.90 Å². The summed E-state index contributed by atoms with van der Waals surface area (Å²) in [6, 6.07) is 12.1. The molecule has 2 aromatic carbocycles. The lowest BCUT2D eigenvalue weighted by atomic mass is 9.88. The van der Waals surface area contributed by atoms with Crippen LogP contribution in [0.25, 0.3) is 0 Å². The second-order valence-electron chi connectivity index (χ2n) is 11.6. The summed E-state index contributed by atoms with van der Waals surface area (Å²) in [7, 11) is 0. The van der Waals surface area contributed by atoms with Gasteiger partial charge in [-0.2, -0.15) is 13.2 Å². The number of likely N-dealkylation sites (tertiary alicyclic amines) is 2. The number of carbonyl (C=O) groups excluding carboxylic acids is 2. The number of amides is 2. The quantitative estimate of drug-likeness (QED) is 0.352. The molecular formula is C31H36ClF3N2O4. The van der Waals surface area contributed by atoms with E-state index < -0.39 is 23.2 Å². The minimum atomic E-state index is -5.13. The van der Waals surface area contributed by atoms with Crippen molar-refractivity contribution in [3.8, 4) is 5.75 Å². The molecule has 222 valence electrons. The summed E-state index contributed by atoms with van der Waals surface area (Å²) in [6.45, 7) is 1.64. The molecule has 2 amide bonds. The fraction of sp³-hybridized carbons (Fsp3) is 0.548. The van der Waals surface area contributed by atoms with Gasteiger partial charge in [-0.1, -0.05) is 48.4 Å². The molecule has 0 spiro atoms. The van der Waals surface area contributed by atoms with Gasteiger partial charge in [0.25, 0.3) is 17.4 Å². The van der Waals surface area contributed by atoms with Crippen molar-refractivity contribution in [1.82, 2.24) is 9.80 Å². The van der Waals surface area contributed by atoms with Gasteiger partial charge in [0.05, 0.1) is 17.2 Å². The number of nitrogens with zero attached hydrogens (tertiary/aromatic N) is 2. The summed E-state index contributed by atoms with van der Waals surface area (Å²) in [5, 5.41) is 11.0. The number of unbranched alkanes of at least 4 members (excludes halogenated alkanes) is 1. The highest BCUT2D eigenvalue weighted by Crippen LogP contribution is 2.42. The topological polar surface area (TPSA) is 70.1 Å². The maximum Gasteiger partial charge on any atom is 0.430 e. The number of carbonyl (C=O) groups is 2. The maximum atomic E-state index is 13.9. The summed E-state index contributed by atoms with van der Waals surface area (Å²) in [6.07, 6.45) is 1.94. The van der Waals surface area contributed by atoms with Crippen molar-refractivity contribution < 1.29 is 32.6 Å². The Morgan fingerprint density at radius 2 is 1.73 bits per heavy atom. The average Bonchev–Trinajstić information content (AvgIpc) is 3.60. The third-order valence-electron chi connectivity index (χ3n) is 8.93. The largest absolute Gasteiger partial charge is 0.494 e. The van der Waals surface area contributed by atoms with Crippen LogP contribution in [0.15, 0.2) is 48.5 Å². The molecule has 5 rings (SSSR count). The number of benzene rings is 2. The van der Waals surface area contributed by atoms with Gasteiger partial charge in [-0.05, 0) is 75.0 Å². The van der Waals surface area contributed by atoms with Crippen LogP contribution >= 0.6 is 11.6 Å². The highest BCUT2D eigenvalue weighted by molar-refractivity contribution is 6.34.